The summed E-state index contributed by atoms with van der Waals surface area (Å²) in [5.74, 6) is -1.50. The van der Waals surface area contributed by atoms with Crippen LogP contribution < -0.4 is 0 Å². The smallest absolute Gasteiger partial charge is 0.327 e. The maximum absolute atomic E-state index is 12.1. The van der Waals surface area contributed by atoms with Crippen molar-refractivity contribution in [1.82, 2.24) is 0 Å². The van der Waals surface area contributed by atoms with Crippen molar-refractivity contribution in [2.45, 2.75) is 59.8 Å². The van der Waals surface area contributed by atoms with Crippen LogP contribution in [0, 0.1) is 5.41 Å². The Morgan fingerprint density at radius 2 is 1.44 bits per heavy atom. The molecule has 0 spiro atoms. The summed E-state index contributed by atoms with van der Waals surface area (Å²) in [5, 5.41) is 0. The maximum Gasteiger partial charge on any atom is 0.327 e. The van der Waals surface area contributed by atoms with Gasteiger partial charge in [0, 0.05) is 0 Å². The van der Waals surface area contributed by atoms with Crippen molar-refractivity contribution >= 4 is 17.5 Å². The van der Waals surface area contributed by atoms with Crippen molar-refractivity contribution in [3.8, 4) is 0 Å². The lowest BCUT2D eigenvalue weighted by atomic mass is 9.76. The number of hydrogen-bond donors (Lipinski definition) is 0. The van der Waals surface area contributed by atoms with Gasteiger partial charge in [-0.1, -0.05) is 33.1 Å². The Bertz CT molecular complexity index is 293. The van der Waals surface area contributed by atoms with Gasteiger partial charge in [-0.3, -0.25) is 14.4 Å². The van der Waals surface area contributed by atoms with E-state index in [1.165, 1.54) is 13.8 Å². The van der Waals surface area contributed by atoms with Crippen molar-refractivity contribution in [1.29, 1.82) is 0 Å². The van der Waals surface area contributed by atoms with E-state index in [0.29, 0.717) is 6.42 Å². The van der Waals surface area contributed by atoms with Gasteiger partial charge in [0.2, 0.25) is 0 Å². The Kier molecular flexibility index (Phi) is 7.48. The first kappa shape index (κ1) is 16.8. The van der Waals surface area contributed by atoms with Crippen LogP contribution in [0.25, 0.3) is 0 Å². The molecular formula is C14H24O4. The second kappa shape index (κ2) is 8.01. The van der Waals surface area contributed by atoms with Crippen molar-refractivity contribution < 1.29 is 19.1 Å². The van der Waals surface area contributed by atoms with Crippen molar-refractivity contribution in [3.05, 3.63) is 0 Å². The zero-order chi connectivity index (χ0) is 14.2. The van der Waals surface area contributed by atoms with Crippen LogP contribution in [0.4, 0.5) is 0 Å². The lowest BCUT2D eigenvalue weighted by Crippen LogP contribution is -2.45. The highest BCUT2D eigenvalue weighted by molar-refractivity contribution is 6.21. The summed E-state index contributed by atoms with van der Waals surface area (Å²) in [4.78, 5) is 35.6. The summed E-state index contributed by atoms with van der Waals surface area (Å²) in [7, 11) is 0. The highest BCUT2D eigenvalue weighted by atomic mass is 16.5. The number of carbonyl (C=O) groups is 3. The third-order valence-corrected chi connectivity index (χ3v) is 3.19. The molecule has 0 N–H and O–H groups in total. The predicted molar refractivity (Wildman–Crippen MR) is 69.2 cm³/mol. The van der Waals surface area contributed by atoms with Gasteiger partial charge < -0.3 is 4.74 Å². The van der Waals surface area contributed by atoms with Gasteiger partial charge in [-0.15, -0.1) is 0 Å². The van der Waals surface area contributed by atoms with Crippen molar-refractivity contribution in [3.63, 3.8) is 0 Å². The minimum atomic E-state index is -1.58. The van der Waals surface area contributed by atoms with Gasteiger partial charge in [-0.25, -0.2) is 0 Å². The zero-order valence-corrected chi connectivity index (χ0v) is 11.9. The summed E-state index contributed by atoms with van der Waals surface area (Å²) in [6.45, 7) is 6.78. The molecule has 0 aromatic carbocycles. The Balaban J connectivity index is 4.98. The molecule has 0 aliphatic heterocycles. The SMILES string of the molecule is CCCCOC(=O)C(CCCC)(C(C)=O)C(C)=O. The number of unbranched alkanes of at least 4 members (excludes halogenated alkanes) is 2. The summed E-state index contributed by atoms with van der Waals surface area (Å²) >= 11 is 0. The molecule has 0 aromatic rings. The summed E-state index contributed by atoms with van der Waals surface area (Å²) in [6, 6.07) is 0. The molecule has 0 radical (unpaired) electrons. The first-order valence-electron chi connectivity index (χ1n) is 6.62. The number of carbonyl (C=O) groups excluding carboxylic acids is 3. The Morgan fingerprint density at radius 3 is 1.83 bits per heavy atom. The van der Waals surface area contributed by atoms with E-state index < -0.39 is 23.0 Å². The molecule has 0 saturated heterocycles. The fourth-order valence-corrected chi connectivity index (χ4v) is 1.86. The number of rotatable bonds is 9. The molecule has 0 aliphatic carbocycles. The van der Waals surface area contributed by atoms with Gasteiger partial charge >= 0.3 is 5.97 Å². The van der Waals surface area contributed by atoms with E-state index in [-0.39, 0.29) is 13.0 Å². The molecule has 104 valence electrons. The van der Waals surface area contributed by atoms with Gasteiger partial charge in [-0.2, -0.15) is 0 Å². The average Bonchev–Trinajstić information content (AvgIpc) is 2.29. The lowest BCUT2D eigenvalue weighted by molar-refractivity contribution is -0.164. The van der Waals surface area contributed by atoms with E-state index in [1.54, 1.807) is 0 Å². The van der Waals surface area contributed by atoms with Crippen LogP contribution in [0.2, 0.25) is 0 Å². The molecule has 0 aliphatic rings. The first-order valence-corrected chi connectivity index (χ1v) is 6.62. The minimum absolute atomic E-state index is 0.249. The monoisotopic (exact) mass is 256 g/mol. The number of Topliss-reactive ketones (excluding diaryl/α,β-unsaturated/α-hetero) is 2. The molecule has 0 rings (SSSR count). The van der Waals surface area contributed by atoms with Gasteiger partial charge in [0.15, 0.2) is 17.0 Å². The first-order chi connectivity index (χ1) is 8.43. The highest BCUT2D eigenvalue weighted by Gasteiger charge is 2.48. The van der Waals surface area contributed by atoms with E-state index in [9.17, 15) is 14.4 Å². The predicted octanol–water partition coefficient (Wildman–Crippen LogP) is 2.68. The maximum atomic E-state index is 12.1. The van der Waals surface area contributed by atoms with Crippen LogP contribution in [-0.4, -0.2) is 24.1 Å². The Labute approximate surface area is 109 Å². The molecule has 0 fully saturated rings. The fourth-order valence-electron chi connectivity index (χ4n) is 1.86. The van der Waals surface area contributed by atoms with Crippen LogP contribution in [0.5, 0.6) is 0 Å². The molecular weight excluding hydrogens is 232 g/mol. The molecule has 0 saturated carbocycles. The number of ketones is 2. The van der Waals surface area contributed by atoms with E-state index >= 15 is 0 Å². The molecule has 4 heteroatoms. The molecule has 18 heavy (non-hydrogen) atoms. The minimum Gasteiger partial charge on any atom is -0.465 e. The topological polar surface area (TPSA) is 60.4 Å². The van der Waals surface area contributed by atoms with Gasteiger partial charge in [0.1, 0.15) is 0 Å². The third kappa shape index (κ3) is 3.93. The van der Waals surface area contributed by atoms with Crippen LogP contribution in [-0.2, 0) is 19.1 Å². The normalized spacial score (nSPS) is 11.1. The largest absolute Gasteiger partial charge is 0.465 e. The molecule has 0 heterocycles. The highest BCUT2D eigenvalue weighted by Crippen LogP contribution is 2.29. The zero-order valence-electron chi connectivity index (χ0n) is 11.9. The van der Waals surface area contributed by atoms with E-state index in [1.807, 2.05) is 13.8 Å². The van der Waals surface area contributed by atoms with Crippen LogP contribution in [0.1, 0.15) is 59.8 Å². The molecule has 0 unspecified atom stereocenters. The standard InChI is InChI=1S/C14H24O4/c1-5-7-9-14(11(3)15,12(4)16)13(17)18-10-8-6-2/h5-10H2,1-4H3. The van der Waals surface area contributed by atoms with Crippen LogP contribution in [0.15, 0.2) is 0 Å². The fraction of sp³-hybridized carbons (Fsp3) is 0.786. The van der Waals surface area contributed by atoms with E-state index in [2.05, 4.69) is 0 Å². The Morgan fingerprint density at radius 1 is 0.944 bits per heavy atom. The van der Waals surface area contributed by atoms with Gasteiger partial charge in [-0.05, 0) is 26.7 Å². The van der Waals surface area contributed by atoms with E-state index in [0.717, 1.165) is 19.3 Å². The molecule has 0 atom stereocenters. The summed E-state index contributed by atoms with van der Waals surface area (Å²) in [5.41, 5.74) is -1.58. The molecule has 4 nitrogen and oxygen atoms in total. The van der Waals surface area contributed by atoms with Crippen molar-refractivity contribution in [2.75, 3.05) is 6.61 Å². The van der Waals surface area contributed by atoms with Gasteiger partial charge in [0.25, 0.3) is 0 Å². The Hall–Kier alpha value is -1.19. The number of esters is 1. The lowest BCUT2D eigenvalue weighted by Gasteiger charge is -2.26. The summed E-state index contributed by atoms with van der Waals surface area (Å²) in [6.07, 6.45) is 3.37. The number of hydrogen-bond acceptors (Lipinski definition) is 4. The average molecular weight is 256 g/mol. The second-order valence-electron chi connectivity index (χ2n) is 4.61. The van der Waals surface area contributed by atoms with Gasteiger partial charge in [0.05, 0.1) is 6.61 Å². The molecule has 0 amide bonds. The second-order valence-corrected chi connectivity index (χ2v) is 4.61. The quantitative estimate of drug-likeness (QED) is 0.361. The van der Waals surface area contributed by atoms with Crippen LogP contribution in [0.3, 0.4) is 0 Å². The molecule has 0 bridgehead atoms. The van der Waals surface area contributed by atoms with Crippen molar-refractivity contribution in [2.24, 2.45) is 5.41 Å². The molecule has 0 aromatic heterocycles. The number of ether oxygens (including phenoxy) is 1. The summed E-state index contributed by atoms with van der Waals surface area (Å²) < 4.78 is 5.09. The third-order valence-electron chi connectivity index (χ3n) is 3.19. The van der Waals surface area contributed by atoms with Crippen LogP contribution >= 0.6 is 0 Å². The van der Waals surface area contributed by atoms with E-state index in [4.69, 9.17) is 4.74 Å².